The van der Waals surface area contributed by atoms with Crippen LogP contribution >= 0.6 is 11.6 Å². The van der Waals surface area contributed by atoms with Gasteiger partial charge in [0.15, 0.2) is 0 Å². The standard InChI is InChI=1S/C27H30ClN3O7S2/c1-21-19-22(28)7-12-26(21)31(40(35,36)24-5-3-2-4-6-24)20-27(32)29-13-16-38-23-8-10-25(11-9-23)39(33,34)30-14-17-37-18-15-30/h2-12,19H,13-18,20H2,1H3,(H,29,32). The zero-order chi connectivity index (χ0) is 28.8. The molecule has 0 unspecified atom stereocenters. The molecule has 3 aromatic rings. The first kappa shape index (κ1) is 29.8. The smallest absolute Gasteiger partial charge is 0.264 e. The van der Waals surface area contributed by atoms with Crippen LogP contribution < -0.4 is 14.4 Å². The number of amides is 1. The fraction of sp³-hybridized carbons (Fsp3) is 0.296. The number of rotatable bonds is 11. The molecule has 0 saturated carbocycles. The van der Waals surface area contributed by atoms with Crippen LogP contribution in [0.15, 0.2) is 82.6 Å². The van der Waals surface area contributed by atoms with Crippen LogP contribution in [0.3, 0.4) is 0 Å². The Morgan fingerprint density at radius 1 is 0.975 bits per heavy atom. The molecule has 4 rings (SSSR count). The van der Waals surface area contributed by atoms with E-state index in [1.165, 1.54) is 28.6 Å². The van der Waals surface area contributed by atoms with Gasteiger partial charge in [0, 0.05) is 18.1 Å². The summed E-state index contributed by atoms with van der Waals surface area (Å²) in [6, 6.07) is 18.7. The normalized spacial score (nSPS) is 14.4. The number of nitrogens with one attached hydrogen (secondary N) is 1. The van der Waals surface area contributed by atoms with E-state index in [2.05, 4.69) is 5.32 Å². The molecular weight excluding hydrogens is 578 g/mol. The summed E-state index contributed by atoms with van der Waals surface area (Å²) < 4.78 is 65.7. The van der Waals surface area contributed by atoms with E-state index in [9.17, 15) is 21.6 Å². The minimum absolute atomic E-state index is 0.0552. The van der Waals surface area contributed by atoms with E-state index in [4.69, 9.17) is 21.1 Å². The molecule has 13 heteroatoms. The van der Waals surface area contributed by atoms with Gasteiger partial charge in [-0.2, -0.15) is 4.31 Å². The number of aryl methyl sites for hydroxylation is 1. The van der Waals surface area contributed by atoms with Crippen molar-refractivity contribution in [3.05, 3.63) is 83.4 Å². The Morgan fingerprint density at radius 2 is 1.65 bits per heavy atom. The van der Waals surface area contributed by atoms with Crippen molar-refractivity contribution < 1.29 is 31.1 Å². The van der Waals surface area contributed by atoms with Crippen molar-refractivity contribution in [3.8, 4) is 5.75 Å². The number of anilines is 1. The first-order valence-electron chi connectivity index (χ1n) is 12.5. The number of ether oxygens (including phenoxy) is 2. The van der Waals surface area contributed by atoms with Gasteiger partial charge in [0.05, 0.1) is 35.2 Å². The maximum absolute atomic E-state index is 13.5. The second kappa shape index (κ2) is 13.0. The number of carbonyl (C=O) groups is 1. The third kappa shape index (κ3) is 7.12. The zero-order valence-electron chi connectivity index (χ0n) is 21.8. The molecule has 0 radical (unpaired) electrons. The lowest BCUT2D eigenvalue weighted by molar-refractivity contribution is -0.119. The number of hydrogen-bond acceptors (Lipinski definition) is 7. The predicted octanol–water partition coefficient (Wildman–Crippen LogP) is 3.06. The highest BCUT2D eigenvalue weighted by atomic mass is 35.5. The molecule has 1 N–H and O–H groups in total. The molecule has 0 atom stereocenters. The van der Waals surface area contributed by atoms with E-state index < -0.39 is 32.5 Å². The van der Waals surface area contributed by atoms with Gasteiger partial charge in [0.25, 0.3) is 10.0 Å². The number of carbonyl (C=O) groups excluding carboxylic acids is 1. The molecule has 3 aromatic carbocycles. The zero-order valence-corrected chi connectivity index (χ0v) is 24.2. The molecule has 0 spiro atoms. The first-order valence-corrected chi connectivity index (χ1v) is 15.8. The van der Waals surface area contributed by atoms with Crippen molar-refractivity contribution in [2.45, 2.75) is 16.7 Å². The van der Waals surface area contributed by atoms with Gasteiger partial charge in [0.2, 0.25) is 15.9 Å². The number of sulfonamides is 2. The summed E-state index contributed by atoms with van der Waals surface area (Å²) in [5, 5.41) is 3.13. The van der Waals surface area contributed by atoms with Crippen LogP contribution in [0, 0.1) is 6.92 Å². The Labute approximate surface area is 239 Å². The van der Waals surface area contributed by atoms with Crippen molar-refractivity contribution in [2.75, 3.05) is 50.3 Å². The first-order chi connectivity index (χ1) is 19.1. The highest BCUT2D eigenvalue weighted by Gasteiger charge is 2.28. The largest absolute Gasteiger partial charge is 0.492 e. The summed E-state index contributed by atoms with van der Waals surface area (Å²) in [6.45, 7) is 2.80. The topological polar surface area (TPSA) is 122 Å². The molecule has 1 heterocycles. The lowest BCUT2D eigenvalue weighted by Crippen LogP contribution is -2.42. The summed E-state index contributed by atoms with van der Waals surface area (Å²) in [4.78, 5) is 13.0. The van der Waals surface area contributed by atoms with Crippen LogP contribution in [0.2, 0.25) is 5.02 Å². The van der Waals surface area contributed by atoms with Gasteiger partial charge in [-0.25, -0.2) is 16.8 Å². The lowest BCUT2D eigenvalue weighted by atomic mass is 10.2. The molecule has 214 valence electrons. The molecule has 40 heavy (non-hydrogen) atoms. The maximum atomic E-state index is 13.5. The van der Waals surface area contributed by atoms with E-state index in [0.29, 0.717) is 48.3 Å². The molecule has 0 aliphatic carbocycles. The van der Waals surface area contributed by atoms with Crippen molar-refractivity contribution in [1.82, 2.24) is 9.62 Å². The van der Waals surface area contributed by atoms with Gasteiger partial charge < -0.3 is 14.8 Å². The highest BCUT2D eigenvalue weighted by molar-refractivity contribution is 7.92. The Balaban J connectivity index is 1.36. The molecule has 0 aromatic heterocycles. The van der Waals surface area contributed by atoms with Gasteiger partial charge in [-0.3, -0.25) is 9.10 Å². The summed E-state index contributed by atoms with van der Waals surface area (Å²) in [5.41, 5.74) is 0.939. The monoisotopic (exact) mass is 607 g/mol. The van der Waals surface area contributed by atoms with Crippen LogP contribution in [-0.2, 0) is 29.6 Å². The molecule has 1 fully saturated rings. The number of nitrogens with zero attached hydrogens (tertiary/aromatic N) is 2. The number of hydrogen-bond donors (Lipinski definition) is 1. The third-order valence-corrected chi connectivity index (χ3v) is 10.1. The number of benzene rings is 3. The predicted molar refractivity (Wildman–Crippen MR) is 152 cm³/mol. The van der Waals surface area contributed by atoms with E-state index in [0.717, 1.165) is 4.31 Å². The van der Waals surface area contributed by atoms with E-state index in [-0.39, 0.29) is 22.9 Å². The summed E-state index contributed by atoms with van der Waals surface area (Å²) in [5.74, 6) is -0.0929. The minimum Gasteiger partial charge on any atom is -0.492 e. The molecule has 10 nitrogen and oxygen atoms in total. The summed E-state index contributed by atoms with van der Waals surface area (Å²) in [6.07, 6.45) is 0. The van der Waals surface area contributed by atoms with Crippen LogP contribution in [0.1, 0.15) is 5.56 Å². The number of halogens is 1. The molecule has 0 bridgehead atoms. The summed E-state index contributed by atoms with van der Waals surface area (Å²) >= 11 is 6.06. The molecule has 1 amide bonds. The van der Waals surface area contributed by atoms with E-state index in [1.54, 1.807) is 55.5 Å². The lowest BCUT2D eigenvalue weighted by Gasteiger charge is -2.26. The van der Waals surface area contributed by atoms with Gasteiger partial charge in [-0.15, -0.1) is 0 Å². The van der Waals surface area contributed by atoms with Crippen LogP contribution in [-0.4, -0.2) is 73.0 Å². The molecular formula is C27H30ClN3O7S2. The second-order valence-corrected chi connectivity index (χ2v) is 13.2. The van der Waals surface area contributed by atoms with Crippen molar-refractivity contribution >= 4 is 43.2 Å². The van der Waals surface area contributed by atoms with Gasteiger partial charge in [-0.05, 0) is 67.1 Å². The molecule has 1 aliphatic heterocycles. The minimum atomic E-state index is -4.04. The third-order valence-electron chi connectivity index (χ3n) is 6.17. The van der Waals surface area contributed by atoms with Crippen LogP contribution in [0.5, 0.6) is 5.75 Å². The van der Waals surface area contributed by atoms with Gasteiger partial charge >= 0.3 is 0 Å². The fourth-order valence-corrected chi connectivity index (χ4v) is 7.25. The Bertz CT molecular complexity index is 1530. The van der Waals surface area contributed by atoms with E-state index >= 15 is 0 Å². The Hall–Kier alpha value is -3.16. The Morgan fingerprint density at radius 3 is 2.30 bits per heavy atom. The Kier molecular flexibility index (Phi) is 9.69. The van der Waals surface area contributed by atoms with Gasteiger partial charge in [0.1, 0.15) is 18.9 Å². The SMILES string of the molecule is Cc1cc(Cl)ccc1N(CC(=O)NCCOc1ccc(S(=O)(=O)N2CCOCC2)cc1)S(=O)(=O)c1ccccc1. The van der Waals surface area contributed by atoms with E-state index in [1.807, 2.05) is 0 Å². The quantitative estimate of drug-likeness (QED) is 0.332. The van der Waals surface area contributed by atoms with Crippen LogP contribution in [0.4, 0.5) is 5.69 Å². The van der Waals surface area contributed by atoms with Gasteiger partial charge in [-0.1, -0.05) is 29.8 Å². The number of morpholine rings is 1. The summed E-state index contributed by atoms with van der Waals surface area (Å²) in [7, 11) is -7.65. The maximum Gasteiger partial charge on any atom is 0.264 e. The molecule has 1 saturated heterocycles. The van der Waals surface area contributed by atoms with Crippen molar-refractivity contribution in [2.24, 2.45) is 0 Å². The second-order valence-electron chi connectivity index (χ2n) is 8.94. The average molecular weight is 608 g/mol. The fourth-order valence-electron chi connectivity index (χ4n) is 4.11. The van der Waals surface area contributed by atoms with Crippen LogP contribution in [0.25, 0.3) is 0 Å². The van der Waals surface area contributed by atoms with Crippen molar-refractivity contribution in [1.29, 1.82) is 0 Å². The highest BCUT2D eigenvalue weighted by Crippen LogP contribution is 2.28. The average Bonchev–Trinajstić information content (AvgIpc) is 2.95. The van der Waals surface area contributed by atoms with Crippen molar-refractivity contribution in [3.63, 3.8) is 0 Å². The molecule has 1 aliphatic rings.